The Morgan fingerprint density at radius 3 is 2.68 bits per heavy atom. The highest BCUT2D eigenvalue weighted by Gasteiger charge is 2.31. The Morgan fingerprint density at radius 2 is 2.03 bits per heavy atom. The number of primary sulfonamides is 1. The quantitative estimate of drug-likeness (QED) is 0.585. The molecule has 31 heavy (non-hydrogen) atoms. The lowest BCUT2D eigenvalue weighted by Gasteiger charge is -2.24. The molecule has 1 aromatic carbocycles. The van der Waals surface area contributed by atoms with Crippen LogP contribution in [-0.4, -0.2) is 42.7 Å². The van der Waals surface area contributed by atoms with Crippen molar-refractivity contribution in [2.24, 2.45) is 5.14 Å². The molecule has 4 N–H and O–H groups in total. The second-order valence-corrected chi connectivity index (χ2v) is 9.55. The van der Waals surface area contributed by atoms with Crippen LogP contribution in [0.2, 0.25) is 0 Å². The Bertz CT molecular complexity index is 1030. The number of sulfonamides is 1. The van der Waals surface area contributed by atoms with E-state index in [-0.39, 0.29) is 22.6 Å². The Hall–Kier alpha value is -2.76. The van der Waals surface area contributed by atoms with Gasteiger partial charge in [-0.25, -0.2) is 28.3 Å². The predicted octanol–water partition coefficient (Wildman–Crippen LogP) is 2.61. The summed E-state index contributed by atoms with van der Waals surface area (Å²) < 4.78 is 34.1. The highest BCUT2D eigenvalue weighted by atomic mass is 32.2. The summed E-state index contributed by atoms with van der Waals surface area (Å²) in [6.07, 6.45) is 3.44. The van der Waals surface area contributed by atoms with E-state index in [1.807, 2.05) is 20.8 Å². The SMILES string of the molecule is CCC(C)(C)NC(=O)O[C@H]1CO[C@@H](c2cnc(Nc3cccc(S(N)(=O)=O)c3)nc2)C1. The van der Waals surface area contributed by atoms with Crippen LogP contribution in [-0.2, 0) is 19.5 Å². The van der Waals surface area contributed by atoms with Gasteiger partial charge in [-0.05, 0) is 38.5 Å². The molecule has 2 aromatic rings. The molecule has 0 radical (unpaired) electrons. The Labute approximate surface area is 181 Å². The van der Waals surface area contributed by atoms with Crippen LogP contribution in [0.5, 0.6) is 0 Å². The lowest BCUT2D eigenvalue weighted by molar-refractivity contribution is 0.0661. The topological polar surface area (TPSA) is 146 Å². The van der Waals surface area contributed by atoms with E-state index in [1.54, 1.807) is 24.5 Å². The number of amides is 1. The van der Waals surface area contributed by atoms with Gasteiger partial charge in [0.1, 0.15) is 6.10 Å². The number of hydrogen-bond acceptors (Lipinski definition) is 8. The van der Waals surface area contributed by atoms with E-state index in [1.165, 1.54) is 12.1 Å². The zero-order valence-electron chi connectivity index (χ0n) is 17.7. The van der Waals surface area contributed by atoms with Gasteiger partial charge in [-0.3, -0.25) is 0 Å². The maximum Gasteiger partial charge on any atom is 0.407 e. The van der Waals surface area contributed by atoms with Gasteiger partial charge in [0.05, 0.1) is 17.6 Å². The van der Waals surface area contributed by atoms with Crippen LogP contribution >= 0.6 is 0 Å². The molecule has 0 spiro atoms. The van der Waals surface area contributed by atoms with Crippen molar-refractivity contribution in [1.29, 1.82) is 0 Å². The molecule has 168 valence electrons. The summed E-state index contributed by atoms with van der Waals surface area (Å²) in [6.45, 7) is 6.15. The van der Waals surface area contributed by atoms with E-state index in [0.29, 0.717) is 24.7 Å². The number of nitrogens with zero attached hydrogens (tertiary/aromatic N) is 2. The molecule has 1 aliphatic rings. The van der Waals surface area contributed by atoms with Crippen LogP contribution in [0.25, 0.3) is 0 Å². The van der Waals surface area contributed by atoms with Crippen molar-refractivity contribution in [3.05, 3.63) is 42.2 Å². The van der Waals surface area contributed by atoms with E-state index in [0.717, 1.165) is 12.0 Å². The summed E-state index contributed by atoms with van der Waals surface area (Å²) in [7, 11) is -3.80. The summed E-state index contributed by atoms with van der Waals surface area (Å²) in [5.74, 6) is 0.294. The van der Waals surface area contributed by atoms with Crippen molar-refractivity contribution in [1.82, 2.24) is 15.3 Å². The highest BCUT2D eigenvalue weighted by Crippen LogP contribution is 2.30. The van der Waals surface area contributed by atoms with E-state index in [2.05, 4.69) is 20.6 Å². The van der Waals surface area contributed by atoms with Gasteiger partial charge in [0.2, 0.25) is 16.0 Å². The molecular formula is C20H27N5O5S. The number of anilines is 2. The summed E-state index contributed by atoms with van der Waals surface area (Å²) in [6, 6.07) is 6.06. The zero-order valence-corrected chi connectivity index (χ0v) is 18.5. The monoisotopic (exact) mass is 449 g/mol. The lowest BCUT2D eigenvalue weighted by Crippen LogP contribution is -2.44. The molecule has 1 amide bonds. The van der Waals surface area contributed by atoms with Gasteiger partial charge in [-0.1, -0.05) is 13.0 Å². The van der Waals surface area contributed by atoms with Crippen molar-refractivity contribution in [2.45, 2.75) is 56.3 Å². The number of benzene rings is 1. The minimum absolute atomic E-state index is 0.00845. The number of rotatable bonds is 7. The molecule has 0 aliphatic carbocycles. The summed E-state index contributed by atoms with van der Waals surface area (Å²) >= 11 is 0. The number of hydrogen-bond donors (Lipinski definition) is 3. The molecule has 3 rings (SSSR count). The maximum absolute atomic E-state index is 12.1. The van der Waals surface area contributed by atoms with Crippen molar-refractivity contribution in [3.8, 4) is 0 Å². The minimum Gasteiger partial charge on any atom is -0.444 e. The third-order valence-corrected chi connectivity index (χ3v) is 5.93. The summed E-state index contributed by atoms with van der Waals surface area (Å²) in [5.41, 5.74) is 0.913. The zero-order chi connectivity index (χ0) is 22.6. The summed E-state index contributed by atoms with van der Waals surface area (Å²) in [5, 5.41) is 10.9. The molecule has 1 aromatic heterocycles. The molecule has 10 nitrogen and oxygen atoms in total. The van der Waals surface area contributed by atoms with Gasteiger partial charge in [0.25, 0.3) is 0 Å². The molecule has 1 aliphatic heterocycles. The first kappa shape index (κ1) is 22.9. The number of nitrogens with two attached hydrogens (primary N) is 1. The summed E-state index contributed by atoms with van der Waals surface area (Å²) in [4.78, 5) is 20.6. The first-order valence-corrected chi connectivity index (χ1v) is 11.4. The molecular weight excluding hydrogens is 422 g/mol. The number of carbonyl (C=O) groups excluding carboxylic acids is 1. The number of carbonyl (C=O) groups is 1. The number of nitrogens with one attached hydrogen (secondary N) is 2. The first-order chi connectivity index (χ1) is 14.6. The Kier molecular flexibility index (Phi) is 6.77. The van der Waals surface area contributed by atoms with Gasteiger partial charge in [-0.2, -0.15) is 0 Å². The number of ether oxygens (including phenoxy) is 2. The largest absolute Gasteiger partial charge is 0.444 e. The minimum atomic E-state index is -3.80. The van der Waals surface area contributed by atoms with Gasteiger partial charge in [0, 0.05) is 35.6 Å². The van der Waals surface area contributed by atoms with Crippen LogP contribution in [0.1, 0.15) is 45.3 Å². The normalized spacial score (nSPS) is 19.1. The fourth-order valence-electron chi connectivity index (χ4n) is 2.91. The van der Waals surface area contributed by atoms with Crippen LogP contribution < -0.4 is 15.8 Å². The Balaban J connectivity index is 1.57. The van der Waals surface area contributed by atoms with Crippen molar-refractivity contribution >= 4 is 27.8 Å². The second kappa shape index (κ2) is 9.16. The molecule has 0 saturated carbocycles. The van der Waals surface area contributed by atoms with Crippen LogP contribution in [0.3, 0.4) is 0 Å². The van der Waals surface area contributed by atoms with Gasteiger partial charge in [-0.15, -0.1) is 0 Å². The molecule has 0 bridgehead atoms. The van der Waals surface area contributed by atoms with Crippen molar-refractivity contribution in [3.63, 3.8) is 0 Å². The maximum atomic E-state index is 12.1. The van der Waals surface area contributed by atoms with Crippen LogP contribution in [0.15, 0.2) is 41.6 Å². The second-order valence-electron chi connectivity index (χ2n) is 7.99. The Morgan fingerprint density at radius 1 is 1.32 bits per heavy atom. The average molecular weight is 450 g/mol. The predicted molar refractivity (Wildman–Crippen MR) is 114 cm³/mol. The molecule has 2 atom stereocenters. The molecule has 1 fully saturated rings. The van der Waals surface area contributed by atoms with Gasteiger partial charge in [0.15, 0.2) is 0 Å². The van der Waals surface area contributed by atoms with E-state index >= 15 is 0 Å². The molecule has 1 saturated heterocycles. The van der Waals surface area contributed by atoms with E-state index < -0.39 is 16.1 Å². The van der Waals surface area contributed by atoms with E-state index in [9.17, 15) is 13.2 Å². The fraction of sp³-hybridized carbons (Fsp3) is 0.450. The molecule has 2 heterocycles. The van der Waals surface area contributed by atoms with Crippen LogP contribution in [0, 0.1) is 0 Å². The third-order valence-electron chi connectivity index (χ3n) is 5.02. The number of alkyl carbamates (subject to hydrolysis) is 1. The first-order valence-electron chi connectivity index (χ1n) is 9.88. The third kappa shape index (κ3) is 6.36. The van der Waals surface area contributed by atoms with Crippen LogP contribution in [0.4, 0.5) is 16.4 Å². The fourth-order valence-corrected chi connectivity index (χ4v) is 3.47. The van der Waals surface area contributed by atoms with Gasteiger partial charge >= 0.3 is 6.09 Å². The number of aromatic nitrogens is 2. The van der Waals surface area contributed by atoms with Gasteiger partial charge < -0.3 is 20.1 Å². The highest BCUT2D eigenvalue weighted by molar-refractivity contribution is 7.89. The van der Waals surface area contributed by atoms with E-state index in [4.69, 9.17) is 14.6 Å². The molecule has 0 unspecified atom stereocenters. The molecule has 11 heteroatoms. The standard InChI is InChI=1S/C20H27N5O5S/c1-4-20(2,3)25-19(26)30-15-9-17(29-12-15)13-10-22-18(23-11-13)24-14-6-5-7-16(8-14)31(21,27)28/h5-8,10-11,15,17H,4,9,12H2,1-3H3,(H,25,26)(H2,21,27,28)(H,22,23,24)/t15-,17-/m1/s1. The lowest BCUT2D eigenvalue weighted by atomic mass is 10.0. The smallest absolute Gasteiger partial charge is 0.407 e. The average Bonchev–Trinajstić information content (AvgIpc) is 3.16. The van der Waals surface area contributed by atoms with Crippen molar-refractivity contribution in [2.75, 3.05) is 11.9 Å². The van der Waals surface area contributed by atoms with Crippen molar-refractivity contribution < 1.29 is 22.7 Å².